The van der Waals surface area contributed by atoms with Crippen LogP contribution in [0.15, 0.2) is 22.6 Å². The van der Waals surface area contributed by atoms with Crippen molar-refractivity contribution < 1.29 is 0 Å². The molecule has 50 valence electrons. The summed E-state index contributed by atoms with van der Waals surface area (Å²) < 4.78 is 0. The number of nitriles is 2. The predicted octanol–water partition coefficient (Wildman–Crippen LogP) is 1.79. The molecule has 0 aliphatic heterocycles. The van der Waals surface area contributed by atoms with E-state index in [1.165, 1.54) is 0 Å². The maximum atomic E-state index is 8.34. The number of nitrogens with zero attached hydrogens (tertiary/aromatic N) is 2. The van der Waals surface area contributed by atoms with Gasteiger partial charge in [0, 0.05) is 4.91 Å². The fourth-order valence-corrected chi connectivity index (χ4v) is 0.449. The van der Waals surface area contributed by atoms with E-state index in [4.69, 9.17) is 10.5 Å². The van der Waals surface area contributed by atoms with E-state index in [0.717, 1.165) is 0 Å². The van der Waals surface area contributed by atoms with E-state index in [9.17, 15) is 0 Å². The van der Waals surface area contributed by atoms with E-state index in [-0.39, 0.29) is 5.57 Å². The van der Waals surface area contributed by atoms with Crippen molar-refractivity contribution in [3.63, 3.8) is 0 Å². The van der Waals surface area contributed by atoms with E-state index in [2.05, 4.69) is 19.2 Å². The Morgan fingerprint density at radius 2 is 1.80 bits per heavy atom. The summed E-state index contributed by atoms with van der Waals surface area (Å²) in [6, 6.07) is 3.48. The topological polar surface area (TPSA) is 47.6 Å². The molecule has 10 heavy (non-hydrogen) atoms. The standard InChI is InChI=1S/C7H6N2S/c1-5(6(2)10)7(3-8)4-9/h10H,2H2,1H3. The summed E-state index contributed by atoms with van der Waals surface area (Å²) in [5, 5.41) is 16.7. The number of allylic oxidation sites excluding steroid dienone is 2. The number of hydrogen-bond donors (Lipinski definition) is 1. The molecule has 0 saturated carbocycles. The lowest BCUT2D eigenvalue weighted by atomic mass is 10.1. The first-order valence-corrected chi connectivity index (χ1v) is 2.97. The van der Waals surface area contributed by atoms with E-state index in [1.54, 1.807) is 19.1 Å². The fourth-order valence-electron chi connectivity index (χ4n) is 0.337. The minimum Gasteiger partial charge on any atom is -0.192 e. The molecular weight excluding hydrogens is 144 g/mol. The van der Waals surface area contributed by atoms with Crippen molar-refractivity contribution in [3.8, 4) is 12.1 Å². The molecule has 0 aliphatic rings. The van der Waals surface area contributed by atoms with E-state index >= 15 is 0 Å². The zero-order valence-corrected chi connectivity index (χ0v) is 6.44. The number of thiol groups is 1. The molecule has 0 N–H and O–H groups in total. The van der Waals surface area contributed by atoms with Crippen molar-refractivity contribution in [3.05, 3.63) is 22.6 Å². The second kappa shape index (κ2) is 3.76. The Balaban J connectivity index is 4.89. The van der Waals surface area contributed by atoms with Gasteiger partial charge in [-0.3, -0.25) is 0 Å². The molecule has 0 saturated heterocycles. The lowest BCUT2D eigenvalue weighted by molar-refractivity contribution is 1.39. The van der Waals surface area contributed by atoms with E-state index in [1.807, 2.05) is 0 Å². The van der Waals surface area contributed by atoms with Crippen LogP contribution in [0.3, 0.4) is 0 Å². The van der Waals surface area contributed by atoms with E-state index in [0.29, 0.717) is 10.5 Å². The third kappa shape index (κ3) is 1.97. The molecule has 0 amide bonds. The second-order valence-electron chi connectivity index (χ2n) is 1.67. The van der Waals surface area contributed by atoms with Crippen LogP contribution in [-0.4, -0.2) is 0 Å². The van der Waals surface area contributed by atoms with Crippen LogP contribution in [0.5, 0.6) is 0 Å². The molecule has 0 aromatic carbocycles. The number of hydrogen-bond acceptors (Lipinski definition) is 3. The van der Waals surface area contributed by atoms with Crippen LogP contribution in [0.25, 0.3) is 0 Å². The normalized spacial score (nSPS) is 7.20. The third-order valence-corrected chi connectivity index (χ3v) is 1.37. The van der Waals surface area contributed by atoms with Crippen LogP contribution < -0.4 is 0 Å². The molecule has 0 radical (unpaired) electrons. The minimum atomic E-state index is 0.0694. The van der Waals surface area contributed by atoms with Crippen molar-refractivity contribution in [2.45, 2.75) is 6.92 Å². The first kappa shape index (κ1) is 8.81. The lowest BCUT2D eigenvalue weighted by Crippen LogP contribution is -1.81. The Morgan fingerprint density at radius 3 is 1.90 bits per heavy atom. The maximum absolute atomic E-state index is 8.34. The summed E-state index contributed by atoms with van der Waals surface area (Å²) in [6.07, 6.45) is 0. The summed E-state index contributed by atoms with van der Waals surface area (Å²) in [5.74, 6) is 0. The summed E-state index contributed by atoms with van der Waals surface area (Å²) >= 11 is 3.89. The van der Waals surface area contributed by atoms with Crippen molar-refractivity contribution in [1.82, 2.24) is 0 Å². The van der Waals surface area contributed by atoms with Gasteiger partial charge < -0.3 is 0 Å². The third-order valence-electron chi connectivity index (χ3n) is 1.03. The monoisotopic (exact) mass is 150 g/mol. The highest BCUT2D eigenvalue weighted by molar-refractivity contribution is 7.84. The van der Waals surface area contributed by atoms with Gasteiger partial charge in [-0.05, 0) is 12.5 Å². The molecule has 0 rings (SSSR count). The average molecular weight is 150 g/mol. The zero-order chi connectivity index (χ0) is 8.15. The summed E-state index contributed by atoms with van der Waals surface area (Å²) in [6.45, 7) is 5.11. The van der Waals surface area contributed by atoms with Gasteiger partial charge >= 0.3 is 0 Å². The molecule has 0 heterocycles. The Labute approximate surface area is 65.5 Å². The molecule has 0 bridgehead atoms. The van der Waals surface area contributed by atoms with Crippen LogP contribution in [0, 0.1) is 22.7 Å². The van der Waals surface area contributed by atoms with Gasteiger partial charge in [-0.2, -0.15) is 10.5 Å². The first-order chi connectivity index (χ1) is 4.63. The first-order valence-electron chi connectivity index (χ1n) is 2.52. The molecule has 0 fully saturated rings. The Hall–Kier alpha value is -1.19. The smallest absolute Gasteiger partial charge is 0.133 e. The summed E-state index contributed by atoms with van der Waals surface area (Å²) in [7, 11) is 0. The molecule has 0 spiro atoms. The van der Waals surface area contributed by atoms with Crippen molar-refractivity contribution >= 4 is 12.6 Å². The molecular formula is C7H6N2S. The van der Waals surface area contributed by atoms with Crippen LogP contribution >= 0.6 is 12.6 Å². The van der Waals surface area contributed by atoms with Gasteiger partial charge in [0.25, 0.3) is 0 Å². The fraction of sp³-hybridized carbons (Fsp3) is 0.143. The van der Waals surface area contributed by atoms with Gasteiger partial charge in [-0.1, -0.05) is 6.58 Å². The van der Waals surface area contributed by atoms with Crippen molar-refractivity contribution in [2.75, 3.05) is 0 Å². The van der Waals surface area contributed by atoms with E-state index < -0.39 is 0 Å². The zero-order valence-electron chi connectivity index (χ0n) is 5.55. The molecule has 0 aromatic heterocycles. The quantitative estimate of drug-likeness (QED) is 0.352. The Bertz CT molecular complexity index is 246. The van der Waals surface area contributed by atoms with Gasteiger partial charge in [-0.25, -0.2) is 0 Å². The van der Waals surface area contributed by atoms with Gasteiger partial charge in [-0.15, -0.1) is 12.6 Å². The molecule has 3 heteroatoms. The predicted molar refractivity (Wildman–Crippen MR) is 42.1 cm³/mol. The molecule has 0 aliphatic carbocycles. The molecule has 0 aromatic rings. The van der Waals surface area contributed by atoms with Crippen LogP contribution in [0.4, 0.5) is 0 Å². The summed E-state index contributed by atoms with van der Waals surface area (Å²) in [4.78, 5) is 0.457. The van der Waals surface area contributed by atoms with Crippen LogP contribution in [0.2, 0.25) is 0 Å². The maximum Gasteiger partial charge on any atom is 0.133 e. The lowest BCUT2D eigenvalue weighted by Gasteiger charge is -1.94. The van der Waals surface area contributed by atoms with Gasteiger partial charge in [0.15, 0.2) is 0 Å². The van der Waals surface area contributed by atoms with Crippen LogP contribution in [-0.2, 0) is 0 Å². The van der Waals surface area contributed by atoms with Crippen molar-refractivity contribution in [1.29, 1.82) is 10.5 Å². The Morgan fingerprint density at radius 1 is 1.40 bits per heavy atom. The van der Waals surface area contributed by atoms with Crippen molar-refractivity contribution in [2.24, 2.45) is 0 Å². The highest BCUT2D eigenvalue weighted by Crippen LogP contribution is 2.14. The van der Waals surface area contributed by atoms with Crippen LogP contribution in [0.1, 0.15) is 6.92 Å². The van der Waals surface area contributed by atoms with Gasteiger partial charge in [0.2, 0.25) is 0 Å². The summed E-state index contributed by atoms with van der Waals surface area (Å²) in [5.41, 5.74) is 0.605. The molecule has 0 atom stereocenters. The molecule has 2 nitrogen and oxygen atoms in total. The second-order valence-corrected chi connectivity index (χ2v) is 2.21. The minimum absolute atomic E-state index is 0.0694. The Kier molecular flexibility index (Phi) is 3.32. The average Bonchev–Trinajstić information content (AvgIpc) is 1.90. The number of rotatable bonds is 1. The SMILES string of the molecule is C=C(S)C(C)=C(C#N)C#N. The van der Waals surface area contributed by atoms with Gasteiger partial charge in [0.1, 0.15) is 17.7 Å². The largest absolute Gasteiger partial charge is 0.192 e. The highest BCUT2D eigenvalue weighted by Gasteiger charge is 1.99. The van der Waals surface area contributed by atoms with Gasteiger partial charge in [0.05, 0.1) is 0 Å². The highest BCUT2D eigenvalue weighted by atomic mass is 32.1. The molecule has 0 unspecified atom stereocenters.